The van der Waals surface area contributed by atoms with E-state index in [9.17, 15) is 18.0 Å². The van der Waals surface area contributed by atoms with Gasteiger partial charge in [-0.1, -0.05) is 12.1 Å². The molecule has 8 heteroatoms. The molecule has 5 fully saturated rings. The molecule has 4 aliphatic carbocycles. The summed E-state index contributed by atoms with van der Waals surface area (Å²) in [5, 5.41) is 8.38. The van der Waals surface area contributed by atoms with Crippen molar-refractivity contribution in [3.63, 3.8) is 0 Å². The number of hydrogen-bond donors (Lipinski definition) is 1. The van der Waals surface area contributed by atoms with E-state index in [1.807, 2.05) is 28.9 Å². The van der Waals surface area contributed by atoms with E-state index in [4.69, 9.17) is 5.10 Å². The number of rotatable bonds is 5. The number of nitrogens with zero attached hydrogens (tertiary/aromatic N) is 3. The molecule has 1 aromatic heterocycles. The zero-order valence-electron chi connectivity index (χ0n) is 23.5. The molecular weight excluding hydrogens is 501 g/mol. The van der Waals surface area contributed by atoms with E-state index in [0.29, 0.717) is 6.42 Å². The van der Waals surface area contributed by atoms with Crippen molar-refractivity contribution in [1.82, 2.24) is 20.0 Å². The highest BCUT2D eigenvalue weighted by Gasteiger charge is 2.52. The Morgan fingerprint density at radius 2 is 1.59 bits per heavy atom. The molecule has 0 unspecified atom stereocenters. The Hall–Kier alpha value is -2.35. The van der Waals surface area contributed by atoms with Crippen LogP contribution in [0.2, 0.25) is 0 Å². The first kappa shape index (κ1) is 26.9. The van der Waals surface area contributed by atoms with Crippen LogP contribution in [0.25, 0.3) is 0 Å². The van der Waals surface area contributed by atoms with Crippen molar-refractivity contribution in [2.24, 2.45) is 23.2 Å². The van der Waals surface area contributed by atoms with Crippen LogP contribution in [-0.4, -0.2) is 40.2 Å². The van der Waals surface area contributed by atoms with Gasteiger partial charge in [0.1, 0.15) is 0 Å². The third kappa shape index (κ3) is 5.14. The second kappa shape index (κ2) is 9.35. The molecule has 1 saturated heterocycles. The van der Waals surface area contributed by atoms with Crippen LogP contribution in [-0.2, 0) is 16.5 Å². The summed E-state index contributed by atoms with van der Waals surface area (Å²) in [7, 11) is 1.94. The van der Waals surface area contributed by atoms with Crippen LogP contribution in [0.4, 0.5) is 13.2 Å². The fourth-order valence-corrected chi connectivity index (χ4v) is 8.70. The van der Waals surface area contributed by atoms with Gasteiger partial charge in [0.05, 0.1) is 22.8 Å². The maximum Gasteiger partial charge on any atom is 0.416 e. The molecule has 5 aliphatic rings. The number of hydrogen-bond acceptors (Lipinski definition) is 3. The smallest absolute Gasteiger partial charge is 0.344 e. The minimum Gasteiger partial charge on any atom is -0.344 e. The van der Waals surface area contributed by atoms with Gasteiger partial charge >= 0.3 is 6.18 Å². The zero-order valence-corrected chi connectivity index (χ0v) is 23.5. The third-order valence-electron chi connectivity index (χ3n) is 9.96. The third-order valence-corrected chi connectivity index (χ3v) is 9.96. The first-order chi connectivity index (χ1) is 18.3. The van der Waals surface area contributed by atoms with Gasteiger partial charge in [-0.2, -0.15) is 18.3 Å². The zero-order chi connectivity index (χ0) is 27.7. The lowest BCUT2D eigenvalue weighted by atomic mass is 9.49. The largest absolute Gasteiger partial charge is 0.416 e. The number of carbonyl (C=O) groups excluding carboxylic acids is 1. The number of likely N-dealkylation sites (N-methyl/N-ethyl adjacent to an activating group) is 1. The quantitative estimate of drug-likeness (QED) is 0.468. The van der Waals surface area contributed by atoms with Crippen LogP contribution in [0.5, 0.6) is 0 Å². The maximum atomic E-state index is 13.9. The Morgan fingerprint density at radius 3 is 2.10 bits per heavy atom. The van der Waals surface area contributed by atoms with E-state index in [-0.39, 0.29) is 28.8 Å². The monoisotopic (exact) mass is 542 g/mol. The Bertz CT molecular complexity index is 1180. The molecule has 1 amide bonds. The summed E-state index contributed by atoms with van der Waals surface area (Å²) in [5.41, 5.74) is 1.01. The number of benzene rings is 1. The molecule has 1 aromatic carbocycles. The SMILES string of the molecule is CN(CC12CC3CC(CC(C3)C1)C2)C(=O)[C@@H]1C[C@@H](c2ccn(C(C)(C)C)n2)[C@H](c2ccc(C(F)(F)F)cc2)N1. The lowest BCUT2D eigenvalue weighted by molar-refractivity contribution is -0.138. The highest BCUT2D eigenvalue weighted by Crippen LogP contribution is 2.60. The average Bonchev–Trinajstić information content (AvgIpc) is 3.50. The fraction of sp³-hybridized carbons (Fsp3) is 0.677. The number of halogens is 3. The topological polar surface area (TPSA) is 50.2 Å². The number of amides is 1. The van der Waals surface area contributed by atoms with Crippen molar-refractivity contribution in [1.29, 1.82) is 0 Å². The highest BCUT2D eigenvalue weighted by molar-refractivity contribution is 5.82. The van der Waals surface area contributed by atoms with Gasteiger partial charge in [-0.05, 0) is 113 Å². The van der Waals surface area contributed by atoms with Gasteiger partial charge in [-0.25, -0.2) is 0 Å². The normalized spacial score (nSPS) is 34.0. The molecule has 5 nitrogen and oxygen atoms in total. The van der Waals surface area contributed by atoms with Crippen molar-refractivity contribution in [2.45, 2.75) is 95.4 Å². The Morgan fingerprint density at radius 1 is 1.00 bits per heavy atom. The number of nitrogens with one attached hydrogen (secondary N) is 1. The summed E-state index contributed by atoms with van der Waals surface area (Å²) in [6, 6.07) is 6.64. The molecule has 4 bridgehead atoms. The van der Waals surface area contributed by atoms with Crippen molar-refractivity contribution in [2.75, 3.05) is 13.6 Å². The van der Waals surface area contributed by atoms with Crippen molar-refractivity contribution >= 4 is 5.91 Å². The summed E-state index contributed by atoms with van der Waals surface area (Å²) in [4.78, 5) is 15.8. The Balaban J connectivity index is 1.23. The molecule has 3 atom stereocenters. The first-order valence-corrected chi connectivity index (χ1v) is 14.5. The van der Waals surface area contributed by atoms with Gasteiger partial charge in [0.25, 0.3) is 0 Å². The van der Waals surface area contributed by atoms with Gasteiger partial charge in [-0.15, -0.1) is 0 Å². The molecular formula is C31H41F3N4O. The molecule has 7 rings (SSSR count). The van der Waals surface area contributed by atoms with Crippen LogP contribution in [0, 0.1) is 23.2 Å². The lowest BCUT2D eigenvalue weighted by Gasteiger charge is -2.57. The van der Waals surface area contributed by atoms with Gasteiger partial charge in [0.2, 0.25) is 5.91 Å². The number of aromatic nitrogens is 2. The fourth-order valence-electron chi connectivity index (χ4n) is 8.70. The summed E-state index contributed by atoms with van der Waals surface area (Å²) < 4.78 is 41.6. The van der Waals surface area contributed by atoms with Crippen LogP contribution in [0.1, 0.15) is 94.5 Å². The Kier molecular flexibility index (Phi) is 6.44. The summed E-state index contributed by atoms with van der Waals surface area (Å²) in [6.45, 7) is 7.04. The van der Waals surface area contributed by atoms with Crippen LogP contribution in [0.3, 0.4) is 0 Å². The van der Waals surface area contributed by atoms with E-state index in [1.54, 1.807) is 12.1 Å². The summed E-state index contributed by atoms with van der Waals surface area (Å²) in [5.74, 6) is 2.45. The molecule has 2 aromatic rings. The van der Waals surface area contributed by atoms with E-state index in [0.717, 1.165) is 47.7 Å². The molecule has 4 saturated carbocycles. The van der Waals surface area contributed by atoms with Gasteiger partial charge < -0.3 is 4.90 Å². The first-order valence-electron chi connectivity index (χ1n) is 14.5. The van der Waals surface area contributed by atoms with Crippen molar-refractivity contribution in [3.05, 3.63) is 53.3 Å². The molecule has 212 valence electrons. The second-order valence-corrected chi connectivity index (χ2v) is 14.1. The number of carbonyl (C=O) groups is 1. The molecule has 1 aliphatic heterocycles. The molecule has 2 heterocycles. The molecule has 0 radical (unpaired) electrons. The van der Waals surface area contributed by atoms with E-state index in [2.05, 4.69) is 26.1 Å². The van der Waals surface area contributed by atoms with Crippen molar-refractivity contribution < 1.29 is 18.0 Å². The van der Waals surface area contributed by atoms with Gasteiger partial charge in [0.15, 0.2) is 0 Å². The Labute approximate surface area is 229 Å². The number of alkyl halides is 3. The van der Waals surface area contributed by atoms with Gasteiger partial charge in [0, 0.05) is 31.7 Å². The molecule has 1 N–H and O–H groups in total. The average molecular weight is 543 g/mol. The second-order valence-electron chi connectivity index (χ2n) is 14.1. The van der Waals surface area contributed by atoms with E-state index in [1.165, 1.54) is 38.5 Å². The van der Waals surface area contributed by atoms with Crippen LogP contribution >= 0.6 is 0 Å². The molecule has 39 heavy (non-hydrogen) atoms. The lowest BCUT2D eigenvalue weighted by Crippen LogP contribution is -2.53. The summed E-state index contributed by atoms with van der Waals surface area (Å²) in [6.07, 6.45) is 5.99. The van der Waals surface area contributed by atoms with Gasteiger partial charge in [-0.3, -0.25) is 14.8 Å². The minimum atomic E-state index is -4.38. The van der Waals surface area contributed by atoms with E-state index >= 15 is 0 Å². The highest BCUT2D eigenvalue weighted by atomic mass is 19.4. The molecule has 0 spiro atoms. The van der Waals surface area contributed by atoms with E-state index < -0.39 is 17.8 Å². The van der Waals surface area contributed by atoms with Crippen LogP contribution < -0.4 is 5.32 Å². The van der Waals surface area contributed by atoms with Crippen molar-refractivity contribution in [3.8, 4) is 0 Å². The van der Waals surface area contributed by atoms with Crippen LogP contribution in [0.15, 0.2) is 36.5 Å². The predicted molar refractivity (Wildman–Crippen MR) is 144 cm³/mol. The maximum absolute atomic E-state index is 13.9. The summed E-state index contributed by atoms with van der Waals surface area (Å²) >= 11 is 0. The minimum absolute atomic E-state index is 0.0837. The predicted octanol–water partition coefficient (Wildman–Crippen LogP) is 6.52. The standard InChI is InChI=1S/C31H41F3N4O/c1-29(2,3)38-10-9-25(36-38)24-14-26(35-27(24)22-5-7-23(8-6-22)31(32,33)34)28(39)37(4)18-30-15-19-11-20(16-30)13-21(12-19)17-30/h5-10,19-21,24,26-27,35H,11-18H2,1-4H3/t19?,20?,21?,24-,26-,27-,30?/m0/s1.